The molecule has 1 saturated heterocycles. The van der Waals surface area contributed by atoms with E-state index in [1.54, 1.807) is 42.4 Å². The monoisotopic (exact) mass is 317 g/mol. The fraction of sp³-hybridized carbons (Fsp3) is 0.412. The molecule has 0 unspecified atom stereocenters. The fourth-order valence-corrected chi connectivity index (χ4v) is 2.57. The first-order valence-corrected chi connectivity index (χ1v) is 7.72. The van der Waals surface area contributed by atoms with Crippen LogP contribution in [0.5, 0.6) is 5.75 Å². The number of likely N-dealkylation sites (tertiary alicyclic amines) is 1. The number of nitrogens with zero attached hydrogens (tertiary/aromatic N) is 1. The van der Waals surface area contributed by atoms with Crippen LogP contribution in [-0.2, 0) is 4.79 Å². The number of rotatable bonds is 5. The quantitative estimate of drug-likeness (QED) is 0.818. The second-order valence-corrected chi connectivity index (χ2v) is 5.48. The van der Waals surface area contributed by atoms with Crippen LogP contribution in [0.3, 0.4) is 0 Å². The van der Waals surface area contributed by atoms with Crippen LogP contribution in [0.25, 0.3) is 0 Å². The molecule has 6 heteroatoms. The molecule has 0 saturated carbocycles. The number of ether oxygens (including phenoxy) is 1. The molecular formula is C17H23N3O3. The predicted octanol–water partition coefficient (Wildman–Crippen LogP) is 2.24. The van der Waals surface area contributed by atoms with Crippen LogP contribution in [0.1, 0.15) is 12.8 Å². The van der Waals surface area contributed by atoms with Gasteiger partial charge in [0.1, 0.15) is 5.75 Å². The van der Waals surface area contributed by atoms with Crippen molar-refractivity contribution in [3.63, 3.8) is 0 Å². The summed E-state index contributed by atoms with van der Waals surface area (Å²) >= 11 is 0. The second-order valence-electron chi connectivity index (χ2n) is 5.48. The highest BCUT2D eigenvalue weighted by Gasteiger charge is 2.28. The molecule has 0 aromatic heterocycles. The van der Waals surface area contributed by atoms with Gasteiger partial charge in [-0.15, -0.1) is 6.58 Å². The lowest BCUT2D eigenvalue weighted by Gasteiger charge is -2.32. The Kier molecular flexibility index (Phi) is 6.02. The molecule has 1 aliphatic rings. The summed E-state index contributed by atoms with van der Waals surface area (Å²) in [6.07, 6.45) is 3.27. The van der Waals surface area contributed by atoms with Crippen LogP contribution in [0.2, 0.25) is 0 Å². The minimum Gasteiger partial charge on any atom is -0.497 e. The lowest BCUT2D eigenvalue weighted by molar-refractivity contribution is -0.126. The van der Waals surface area contributed by atoms with Crippen molar-refractivity contribution in [3.8, 4) is 5.75 Å². The van der Waals surface area contributed by atoms with Crippen molar-refractivity contribution >= 4 is 17.6 Å². The summed E-state index contributed by atoms with van der Waals surface area (Å²) in [5.74, 6) is 0.553. The molecule has 6 nitrogen and oxygen atoms in total. The molecule has 0 aliphatic carbocycles. The van der Waals surface area contributed by atoms with Crippen molar-refractivity contribution in [1.29, 1.82) is 0 Å². The minimum atomic E-state index is -0.184. The van der Waals surface area contributed by atoms with Crippen LogP contribution in [0.15, 0.2) is 36.9 Å². The van der Waals surface area contributed by atoms with Crippen molar-refractivity contribution in [2.75, 3.05) is 32.1 Å². The minimum absolute atomic E-state index is 0.0214. The first-order valence-electron chi connectivity index (χ1n) is 7.72. The first kappa shape index (κ1) is 16.9. The molecule has 23 heavy (non-hydrogen) atoms. The van der Waals surface area contributed by atoms with E-state index in [2.05, 4.69) is 17.2 Å². The SMILES string of the molecule is C=CCNC(=O)[C@@H]1CCCN(C(=O)Nc2ccc(OC)cc2)C1. The van der Waals surface area contributed by atoms with E-state index in [0.717, 1.165) is 18.6 Å². The van der Waals surface area contributed by atoms with Crippen molar-refractivity contribution < 1.29 is 14.3 Å². The number of carbonyl (C=O) groups is 2. The maximum atomic E-state index is 12.3. The molecule has 0 bridgehead atoms. The van der Waals surface area contributed by atoms with E-state index >= 15 is 0 Å². The van der Waals surface area contributed by atoms with E-state index in [1.807, 2.05) is 0 Å². The predicted molar refractivity (Wildman–Crippen MR) is 89.5 cm³/mol. The summed E-state index contributed by atoms with van der Waals surface area (Å²) in [7, 11) is 1.60. The van der Waals surface area contributed by atoms with E-state index in [0.29, 0.717) is 25.3 Å². The molecule has 2 rings (SSSR count). The number of benzene rings is 1. The van der Waals surface area contributed by atoms with Crippen molar-refractivity contribution in [1.82, 2.24) is 10.2 Å². The number of hydrogen-bond acceptors (Lipinski definition) is 3. The molecule has 1 fully saturated rings. The molecular weight excluding hydrogens is 294 g/mol. The summed E-state index contributed by atoms with van der Waals surface area (Å²) in [6, 6.07) is 6.97. The highest BCUT2D eigenvalue weighted by Crippen LogP contribution is 2.19. The Balaban J connectivity index is 1.90. The maximum Gasteiger partial charge on any atom is 0.321 e. The van der Waals surface area contributed by atoms with Gasteiger partial charge in [0.2, 0.25) is 5.91 Å². The van der Waals surface area contributed by atoms with E-state index in [9.17, 15) is 9.59 Å². The lowest BCUT2D eigenvalue weighted by atomic mass is 9.97. The van der Waals surface area contributed by atoms with Crippen LogP contribution in [0.4, 0.5) is 10.5 Å². The van der Waals surface area contributed by atoms with Crippen LogP contribution in [0, 0.1) is 5.92 Å². The Hall–Kier alpha value is -2.50. The van der Waals surface area contributed by atoms with Gasteiger partial charge < -0.3 is 20.3 Å². The van der Waals surface area contributed by atoms with Gasteiger partial charge in [-0.1, -0.05) is 6.08 Å². The van der Waals surface area contributed by atoms with E-state index < -0.39 is 0 Å². The number of anilines is 1. The highest BCUT2D eigenvalue weighted by atomic mass is 16.5. The van der Waals surface area contributed by atoms with E-state index in [4.69, 9.17) is 4.74 Å². The Labute approximate surface area is 136 Å². The molecule has 1 aromatic carbocycles. The van der Waals surface area contributed by atoms with Crippen molar-refractivity contribution in [3.05, 3.63) is 36.9 Å². The standard InChI is InChI=1S/C17H23N3O3/c1-3-10-18-16(21)13-5-4-11-20(12-13)17(22)19-14-6-8-15(23-2)9-7-14/h3,6-9,13H,1,4-5,10-12H2,2H3,(H,18,21)(H,19,22)/t13-/m1/s1. The van der Waals surface area contributed by atoms with Crippen molar-refractivity contribution in [2.45, 2.75) is 12.8 Å². The molecule has 1 aliphatic heterocycles. The zero-order valence-corrected chi connectivity index (χ0v) is 13.4. The summed E-state index contributed by atoms with van der Waals surface area (Å²) in [5, 5.41) is 5.64. The van der Waals surface area contributed by atoms with Gasteiger partial charge >= 0.3 is 6.03 Å². The normalized spacial score (nSPS) is 17.3. The summed E-state index contributed by atoms with van der Waals surface area (Å²) in [4.78, 5) is 26.0. The summed E-state index contributed by atoms with van der Waals surface area (Å²) in [5.41, 5.74) is 0.703. The number of piperidine rings is 1. The molecule has 2 N–H and O–H groups in total. The fourth-order valence-electron chi connectivity index (χ4n) is 2.57. The highest BCUT2D eigenvalue weighted by molar-refractivity contribution is 5.90. The Morgan fingerprint density at radius 2 is 2.13 bits per heavy atom. The van der Waals surface area contributed by atoms with Gasteiger partial charge in [0.25, 0.3) is 0 Å². The second kappa shape index (κ2) is 8.22. The third kappa shape index (κ3) is 4.74. The Morgan fingerprint density at radius 3 is 2.78 bits per heavy atom. The molecule has 1 aromatic rings. The summed E-state index contributed by atoms with van der Waals surface area (Å²) < 4.78 is 5.09. The maximum absolute atomic E-state index is 12.3. The Bertz CT molecular complexity index is 557. The average molecular weight is 317 g/mol. The molecule has 0 spiro atoms. The average Bonchev–Trinajstić information content (AvgIpc) is 2.60. The largest absolute Gasteiger partial charge is 0.497 e. The van der Waals surface area contributed by atoms with Gasteiger partial charge in [-0.05, 0) is 37.1 Å². The smallest absolute Gasteiger partial charge is 0.321 e. The zero-order chi connectivity index (χ0) is 16.7. The van der Waals surface area contributed by atoms with Crippen LogP contribution in [-0.4, -0.2) is 43.6 Å². The molecule has 124 valence electrons. The number of carbonyl (C=O) groups excluding carboxylic acids is 2. The van der Waals surface area contributed by atoms with E-state index in [1.165, 1.54) is 0 Å². The number of urea groups is 1. The Morgan fingerprint density at radius 1 is 1.39 bits per heavy atom. The topological polar surface area (TPSA) is 70.7 Å². The number of amides is 3. The van der Waals surface area contributed by atoms with Gasteiger partial charge in [0.05, 0.1) is 13.0 Å². The van der Waals surface area contributed by atoms with Gasteiger partial charge in [-0.2, -0.15) is 0 Å². The number of methoxy groups -OCH3 is 1. The first-order chi connectivity index (χ1) is 11.1. The van der Waals surface area contributed by atoms with Gasteiger partial charge in [-0.3, -0.25) is 4.79 Å². The van der Waals surface area contributed by atoms with Gasteiger partial charge in [-0.25, -0.2) is 4.79 Å². The zero-order valence-electron chi connectivity index (χ0n) is 13.4. The van der Waals surface area contributed by atoms with Crippen LogP contribution < -0.4 is 15.4 Å². The van der Waals surface area contributed by atoms with E-state index in [-0.39, 0.29) is 17.9 Å². The van der Waals surface area contributed by atoms with Crippen molar-refractivity contribution in [2.24, 2.45) is 5.92 Å². The lowest BCUT2D eigenvalue weighted by Crippen LogP contribution is -2.46. The number of hydrogen-bond donors (Lipinski definition) is 2. The summed E-state index contributed by atoms with van der Waals surface area (Å²) in [6.45, 7) is 5.13. The van der Waals surface area contributed by atoms with Gasteiger partial charge in [0.15, 0.2) is 0 Å². The molecule has 1 atom stereocenters. The molecule has 1 heterocycles. The third-order valence-corrected chi connectivity index (χ3v) is 3.84. The van der Waals surface area contributed by atoms with Gasteiger partial charge in [0, 0.05) is 25.3 Å². The molecule has 3 amide bonds. The molecule has 0 radical (unpaired) electrons. The number of nitrogens with one attached hydrogen (secondary N) is 2. The van der Waals surface area contributed by atoms with Crippen LogP contribution >= 0.6 is 0 Å². The third-order valence-electron chi connectivity index (χ3n) is 3.84.